The van der Waals surface area contributed by atoms with Crippen molar-refractivity contribution in [2.75, 3.05) is 0 Å². The average Bonchev–Trinajstić information content (AvgIpc) is 3.15. The molecule has 0 radical (unpaired) electrons. The molecule has 1 aliphatic heterocycles. The van der Waals surface area contributed by atoms with E-state index in [2.05, 4.69) is 14.6 Å². The summed E-state index contributed by atoms with van der Waals surface area (Å²) in [6.45, 7) is 5.11. The number of benzene rings is 2. The lowest BCUT2D eigenvalue weighted by atomic mass is 9.87. The van der Waals surface area contributed by atoms with Crippen molar-refractivity contribution in [2.45, 2.75) is 52.2 Å². The van der Waals surface area contributed by atoms with E-state index in [1.54, 1.807) is 50.2 Å². The van der Waals surface area contributed by atoms with Crippen LogP contribution >= 0.6 is 0 Å². The van der Waals surface area contributed by atoms with Crippen LogP contribution in [0.4, 0.5) is 4.79 Å². The van der Waals surface area contributed by atoms with Crippen LogP contribution in [0.2, 0.25) is 0 Å². The number of carbonyl (C=O) groups excluding carboxylic acids is 6. The summed E-state index contributed by atoms with van der Waals surface area (Å²) in [6, 6.07) is 15.1. The molecule has 2 aromatic carbocycles. The number of hydrogen-bond donors (Lipinski definition) is 0. The summed E-state index contributed by atoms with van der Waals surface area (Å²) < 4.78 is 10.4. The molecule has 2 aromatic rings. The molecule has 0 saturated carbocycles. The minimum Gasteiger partial charge on any atom is -0.444 e. The van der Waals surface area contributed by atoms with E-state index in [1.807, 2.05) is 6.92 Å². The van der Waals surface area contributed by atoms with Crippen LogP contribution in [-0.2, 0) is 38.5 Å². The molecule has 2 atom stereocenters. The fourth-order valence-corrected chi connectivity index (χ4v) is 3.42. The Morgan fingerprint density at radius 3 is 1.67 bits per heavy atom. The number of nitrogens with zero attached hydrogens (tertiary/aromatic N) is 1. The van der Waals surface area contributed by atoms with Gasteiger partial charge >= 0.3 is 35.9 Å². The van der Waals surface area contributed by atoms with Crippen LogP contribution in [0.5, 0.6) is 0 Å². The summed E-state index contributed by atoms with van der Waals surface area (Å²) in [5, 5.41) is -0.0791. The second-order valence-corrected chi connectivity index (χ2v) is 9.14. The highest BCUT2D eigenvalue weighted by molar-refractivity contribution is 6.09. The maximum Gasteiger partial charge on any atom is 0.576 e. The first kappa shape index (κ1) is 28.8. The minimum atomic E-state index is -1.99. The largest absolute Gasteiger partial charge is 0.576 e. The summed E-state index contributed by atoms with van der Waals surface area (Å²) in [7, 11) is 0. The van der Waals surface area contributed by atoms with Gasteiger partial charge in [0.05, 0.1) is 16.5 Å². The highest BCUT2D eigenvalue weighted by Gasteiger charge is 2.56. The number of amides is 2. The van der Waals surface area contributed by atoms with Crippen molar-refractivity contribution in [3.63, 3.8) is 0 Å². The standard InChI is InChI=1S/C27H27NO11/c1-4-5-16-27(2,3)25(33)38-39-26(34)37-28-21(29)19(35-23(31)17-12-8-6-9-13-17)20(22(28)30)36-24(32)18-14-10-7-11-15-18/h6-15,19-20H,4-5,16H2,1-3H3/t19-,20-/m0/s1. The van der Waals surface area contributed by atoms with Gasteiger partial charge in [0, 0.05) is 0 Å². The van der Waals surface area contributed by atoms with E-state index in [4.69, 9.17) is 9.47 Å². The molecule has 12 heteroatoms. The zero-order chi connectivity index (χ0) is 28.6. The molecule has 1 fully saturated rings. The molecule has 0 unspecified atom stereocenters. The van der Waals surface area contributed by atoms with Crippen molar-refractivity contribution in [2.24, 2.45) is 5.41 Å². The summed E-state index contributed by atoms with van der Waals surface area (Å²) in [6.07, 6.45) is -3.71. The maximum absolute atomic E-state index is 13.0. The normalized spacial score (nSPS) is 16.8. The Hall–Kier alpha value is -4.74. The monoisotopic (exact) mass is 541 g/mol. The molecule has 0 N–H and O–H groups in total. The molecule has 0 bridgehead atoms. The predicted molar refractivity (Wildman–Crippen MR) is 130 cm³/mol. The topological polar surface area (TPSA) is 152 Å². The maximum atomic E-state index is 13.0. The van der Waals surface area contributed by atoms with Gasteiger partial charge in [-0.05, 0) is 44.5 Å². The fourth-order valence-electron chi connectivity index (χ4n) is 3.42. The van der Waals surface area contributed by atoms with Crippen LogP contribution < -0.4 is 0 Å². The minimum absolute atomic E-state index is 0.0438. The number of rotatable bonds is 9. The molecular weight excluding hydrogens is 514 g/mol. The van der Waals surface area contributed by atoms with Gasteiger partial charge in [-0.1, -0.05) is 61.2 Å². The third-order valence-electron chi connectivity index (χ3n) is 5.71. The van der Waals surface area contributed by atoms with Gasteiger partial charge in [0.2, 0.25) is 12.2 Å². The molecule has 0 aliphatic carbocycles. The predicted octanol–water partition coefficient (Wildman–Crippen LogP) is 3.55. The van der Waals surface area contributed by atoms with Crippen molar-refractivity contribution in [1.29, 1.82) is 0 Å². The zero-order valence-electron chi connectivity index (χ0n) is 21.5. The summed E-state index contributed by atoms with van der Waals surface area (Å²) in [4.78, 5) is 89.0. The third-order valence-corrected chi connectivity index (χ3v) is 5.71. The quantitative estimate of drug-likeness (QED) is 0.198. The molecule has 39 heavy (non-hydrogen) atoms. The van der Waals surface area contributed by atoms with Gasteiger partial charge in [-0.15, -0.1) is 0 Å². The van der Waals surface area contributed by atoms with Gasteiger partial charge in [-0.2, -0.15) is 4.79 Å². The number of hydroxylamine groups is 2. The zero-order valence-corrected chi connectivity index (χ0v) is 21.5. The summed E-state index contributed by atoms with van der Waals surface area (Å²) in [5.74, 6) is -5.55. The van der Waals surface area contributed by atoms with Gasteiger partial charge in [-0.25, -0.2) is 24.2 Å². The van der Waals surface area contributed by atoms with Crippen molar-refractivity contribution >= 4 is 35.9 Å². The second-order valence-electron chi connectivity index (χ2n) is 9.14. The van der Waals surface area contributed by atoms with Crippen LogP contribution in [0.25, 0.3) is 0 Å². The molecule has 1 aliphatic rings. The molecule has 206 valence electrons. The molecule has 3 rings (SSSR count). The Kier molecular flexibility index (Phi) is 9.37. The van der Waals surface area contributed by atoms with Gasteiger partial charge < -0.3 is 9.47 Å². The van der Waals surface area contributed by atoms with Crippen LogP contribution in [0.3, 0.4) is 0 Å². The van der Waals surface area contributed by atoms with Gasteiger partial charge in [0.15, 0.2) is 0 Å². The number of hydrogen-bond acceptors (Lipinski definition) is 11. The van der Waals surface area contributed by atoms with E-state index in [-0.39, 0.29) is 16.2 Å². The number of ether oxygens (including phenoxy) is 2. The highest BCUT2D eigenvalue weighted by atomic mass is 17.2. The van der Waals surface area contributed by atoms with E-state index < -0.39 is 53.5 Å². The highest BCUT2D eigenvalue weighted by Crippen LogP contribution is 2.26. The number of carbonyl (C=O) groups is 6. The van der Waals surface area contributed by atoms with Crippen molar-refractivity contribution < 1.29 is 52.9 Å². The van der Waals surface area contributed by atoms with Crippen LogP contribution in [0, 0.1) is 5.41 Å². The Balaban J connectivity index is 1.74. The van der Waals surface area contributed by atoms with Gasteiger partial charge in [0.25, 0.3) is 0 Å². The van der Waals surface area contributed by atoms with Gasteiger partial charge in [0.1, 0.15) is 0 Å². The van der Waals surface area contributed by atoms with Crippen LogP contribution in [0.15, 0.2) is 60.7 Å². The summed E-state index contributed by atoms with van der Waals surface area (Å²) >= 11 is 0. The second kappa shape index (κ2) is 12.7. The summed E-state index contributed by atoms with van der Waals surface area (Å²) in [5.41, 5.74) is -0.896. The molecule has 2 amide bonds. The molecule has 1 heterocycles. The number of unbranched alkanes of at least 4 members (excludes halogenated alkanes) is 1. The smallest absolute Gasteiger partial charge is 0.444 e. The molecule has 1 saturated heterocycles. The van der Waals surface area contributed by atoms with E-state index in [9.17, 15) is 28.8 Å². The van der Waals surface area contributed by atoms with E-state index in [0.717, 1.165) is 12.8 Å². The molecule has 0 spiro atoms. The average molecular weight is 542 g/mol. The van der Waals surface area contributed by atoms with Crippen molar-refractivity contribution in [1.82, 2.24) is 5.06 Å². The van der Waals surface area contributed by atoms with E-state index in [1.165, 1.54) is 24.3 Å². The fraction of sp³-hybridized carbons (Fsp3) is 0.333. The van der Waals surface area contributed by atoms with E-state index in [0.29, 0.717) is 6.42 Å². The van der Waals surface area contributed by atoms with Gasteiger partial charge in [-0.3, -0.25) is 14.4 Å². The first-order chi connectivity index (χ1) is 18.5. The third kappa shape index (κ3) is 7.18. The first-order valence-electron chi connectivity index (χ1n) is 12.1. The first-order valence-corrected chi connectivity index (χ1v) is 12.1. The Labute approximate surface area is 223 Å². The van der Waals surface area contributed by atoms with E-state index >= 15 is 0 Å². The molecule has 12 nitrogen and oxygen atoms in total. The Morgan fingerprint density at radius 2 is 1.23 bits per heavy atom. The SMILES string of the molecule is CCCCC(C)(C)C(=O)OOC(=O)ON1C(=O)[C@@H](OC(=O)c2ccccc2)[C@H](OC(=O)c2ccccc2)C1=O. The van der Waals surface area contributed by atoms with Crippen LogP contribution in [0.1, 0.15) is 60.7 Å². The lowest BCUT2D eigenvalue weighted by Crippen LogP contribution is -2.37. The lowest BCUT2D eigenvalue weighted by Gasteiger charge is -2.20. The lowest BCUT2D eigenvalue weighted by molar-refractivity contribution is -0.264. The number of esters is 2. The molecule has 0 aromatic heterocycles. The molecular formula is C27H27NO11. The number of imide groups is 1. The Bertz CT molecular complexity index is 1160. The van der Waals surface area contributed by atoms with Crippen LogP contribution in [-0.4, -0.2) is 53.1 Å². The van der Waals surface area contributed by atoms with Crippen molar-refractivity contribution in [3.05, 3.63) is 71.8 Å². The van der Waals surface area contributed by atoms with Crippen molar-refractivity contribution in [3.8, 4) is 0 Å². The Morgan fingerprint density at radius 1 is 0.769 bits per heavy atom.